The molecule has 0 atom stereocenters. The molecule has 0 aliphatic heterocycles. The van der Waals surface area contributed by atoms with Gasteiger partial charge in [0.15, 0.2) is 0 Å². The molecular formula is C17H24N2O2. The van der Waals surface area contributed by atoms with Crippen molar-refractivity contribution < 1.29 is 9.59 Å². The fraction of sp³-hybridized carbons (Fsp3) is 0.529. The van der Waals surface area contributed by atoms with Crippen LogP contribution in [-0.2, 0) is 16.0 Å². The van der Waals surface area contributed by atoms with Crippen molar-refractivity contribution in [2.45, 2.75) is 52.0 Å². The molecule has 4 nitrogen and oxygen atoms in total. The standard InChI is InChI=1S/C17H24N2O2/c1-3-14-8-10-16(11-9-14)19(13(2)20)12-17(21)18-15-6-4-5-7-15/h8-11,15H,3-7,12H2,1-2H3,(H,18,21). The Morgan fingerprint density at radius 2 is 1.81 bits per heavy atom. The quantitative estimate of drug-likeness (QED) is 0.905. The van der Waals surface area contributed by atoms with Crippen LogP contribution < -0.4 is 10.2 Å². The highest BCUT2D eigenvalue weighted by molar-refractivity contribution is 5.97. The molecule has 2 rings (SSSR count). The van der Waals surface area contributed by atoms with E-state index in [2.05, 4.69) is 12.2 Å². The van der Waals surface area contributed by atoms with Gasteiger partial charge in [0.1, 0.15) is 6.54 Å². The van der Waals surface area contributed by atoms with E-state index in [4.69, 9.17) is 0 Å². The molecule has 0 spiro atoms. The molecule has 1 N–H and O–H groups in total. The SMILES string of the molecule is CCc1ccc(N(CC(=O)NC2CCCC2)C(C)=O)cc1. The van der Waals surface area contributed by atoms with Gasteiger partial charge in [-0.15, -0.1) is 0 Å². The zero-order valence-electron chi connectivity index (χ0n) is 12.9. The van der Waals surface area contributed by atoms with Gasteiger partial charge >= 0.3 is 0 Å². The summed E-state index contributed by atoms with van der Waals surface area (Å²) < 4.78 is 0. The van der Waals surface area contributed by atoms with Crippen LogP contribution in [0.4, 0.5) is 5.69 Å². The van der Waals surface area contributed by atoms with E-state index in [1.165, 1.54) is 30.2 Å². The monoisotopic (exact) mass is 288 g/mol. The van der Waals surface area contributed by atoms with Gasteiger partial charge in [-0.1, -0.05) is 31.9 Å². The molecule has 21 heavy (non-hydrogen) atoms. The smallest absolute Gasteiger partial charge is 0.240 e. The third-order valence-corrected chi connectivity index (χ3v) is 4.06. The van der Waals surface area contributed by atoms with Crippen molar-refractivity contribution >= 4 is 17.5 Å². The van der Waals surface area contributed by atoms with E-state index in [9.17, 15) is 9.59 Å². The molecule has 0 heterocycles. The van der Waals surface area contributed by atoms with E-state index in [0.717, 1.165) is 24.9 Å². The Hall–Kier alpha value is -1.84. The minimum absolute atomic E-state index is 0.0725. The van der Waals surface area contributed by atoms with Gasteiger partial charge in [0, 0.05) is 18.7 Å². The molecule has 0 unspecified atom stereocenters. The summed E-state index contributed by atoms with van der Waals surface area (Å²) in [5, 5.41) is 3.02. The number of anilines is 1. The lowest BCUT2D eigenvalue weighted by atomic mass is 10.1. The van der Waals surface area contributed by atoms with E-state index in [-0.39, 0.29) is 24.4 Å². The van der Waals surface area contributed by atoms with Crippen molar-refractivity contribution in [1.82, 2.24) is 5.32 Å². The fourth-order valence-electron chi connectivity index (χ4n) is 2.78. The second-order valence-electron chi connectivity index (χ2n) is 5.67. The van der Waals surface area contributed by atoms with Crippen molar-refractivity contribution in [3.63, 3.8) is 0 Å². The molecule has 0 bridgehead atoms. The van der Waals surface area contributed by atoms with Gasteiger partial charge in [0.05, 0.1) is 0 Å². The second-order valence-corrected chi connectivity index (χ2v) is 5.67. The van der Waals surface area contributed by atoms with Crippen LogP contribution in [0.15, 0.2) is 24.3 Å². The lowest BCUT2D eigenvalue weighted by Gasteiger charge is -2.22. The van der Waals surface area contributed by atoms with Crippen LogP contribution in [-0.4, -0.2) is 24.4 Å². The van der Waals surface area contributed by atoms with E-state index >= 15 is 0 Å². The molecule has 1 fully saturated rings. The number of aryl methyl sites for hydroxylation is 1. The maximum absolute atomic E-state index is 12.1. The molecule has 1 aliphatic rings. The average molecular weight is 288 g/mol. The van der Waals surface area contributed by atoms with Crippen molar-refractivity contribution in [2.24, 2.45) is 0 Å². The van der Waals surface area contributed by atoms with Crippen LogP contribution in [0.25, 0.3) is 0 Å². The van der Waals surface area contributed by atoms with Gasteiger partial charge in [-0.05, 0) is 37.0 Å². The van der Waals surface area contributed by atoms with Gasteiger partial charge in [0.2, 0.25) is 11.8 Å². The molecule has 1 aromatic rings. The predicted octanol–water partition coefficient (Wildman–Crippen LogP) is 2.66. The third-order valence-electron chi connectivity index (χ3n) is 4.06. The van der Waals surface area contributed by atoms with Crippen molar-refractivity contribution in [3.05, 3.63) is 29.8 Å². The summed E-state index contributed by atoms with van der Waals surface area (Å²) in [5.41, 5.74) is 2.00. The number of carbonyl (C=O) groups excluding carboxylic acids is 2. The number of hydrogen-bond donors (Lipinski definition) is 1. The summed E-state index contributed by atoms with van der Waals surface area (Å²) in [5.74, 6) is -0.183. The molecule has 0 saturated heterocycles. The lowest BCUT2D eigenvalue weighted by molar-refractivity contribution is -0.123. The first-order valence-electron chi connectivity index (χ1n) is 7.76. The number of nitrogens with one attached hydrogen (secondary N) is 1. The van der Waals surface area contributed by atoms with Crippen molar-refractivity contribution in [3.8, 4) is 0 Å². The summed E-state index contributed by atoms with van der Waals surface area (Å²) in [6.45, 7) is 3.68. The highest BCUT2D eigenvalue weighted by Gasteiger charge is 2.20. The summed E-state index contributed by atoms with van der Waals surface area (Å²) >= 11 is 0. The molecule has 4 heteroatoms. The Morgan fingerprint density at radius 3 is 2.33 bits per heavy atom. The van der Waals surface area contributed by atoms with Crippen LogP contribution in [0.3, 0.4) is 0 Å². The number of amides is 2. The molecule has 0 aromatic heterocycles. The predicted molar refractivity (Wildman–Crippen MR) is 84.2 cm³/mol. The van der Waals surface area contributed by atoms with Crippen LogP contribution in [0.2, 0.25) is 0 Å². The summed E-state index contributed by atoms with van der Waals surface area (Å²) in [6, 6.07) is 8.10. The Morgan fingerprint density at radius 1 is 1.19 bits per heavy atom. The first-order valence-corrected chi connectivity index (χ1v) is 7.76. The van der Waals surface area contributed by atoms with Crippen molar-refractivity contribution in [2.75, 3.05) is 11.4 Å². The molecule has 1 saturated carbocycles. The normalized spacial score (nSPS) is 15.0. The molecule has 0 radical (unpaired) electrons. The Labute approximate surface area is 126 Å². The van der Waals surface area contributed by atoms with E-state index in [1.54, 1.807) is 0 Å². The zero-order chi connectivity index (χ0) is 15.2. The van der Waals surface area contributed by atoms with Crippen LogP contribution in [0, 0.1) is 0 Å². The third kappa shape index (κ3) is 4.31. The van der Waals surface area contributed by atoms with Crippen LogP contribution >= 0.6 is 0 Å². The van der Waals surface area contributed by atoms with Gasteiger partial charge in [-0.2, -0.15) is 0 Å². The number of hydrogen-bond acceptors (Lipinski definition) is 2. The molecule has 114 valence electrons. The molecule has 1 aromatic carbocycles. The first kappa shape index (κ1) is 15.5. The Balaban J connectivity index is 2.00. The molecular weight excluding hydrogens is 264 g/mol. The zero-order valence-corrected chi connectivity index (χ0v) is 12.9. The van der Waals surface area contributed by atoms with E-state index < -0.39 is 0 Å². The topological polar surface area (TPSA) is 49.4 Å². The highest BCUT2D eigenvalue weighted by Crippen LogP contribution is 2.18. The average Bonchev–Trinajstić information content (AvgIpc) is 2.97. The number of rotatable bonds is 5. The number of benzene rings is 1. The molecule has 1 aliphatic carbocycles. The minimum atomic E-state index is -0.110. The highest BCUT2D eigenvalue weighted by atomic mass is 16.2. The Kier molecular flexibility index (Phi) is 5.37. The maximum Gasteiger partial charge on any atom is 0.240 e. The lowest BCUT2D eigenvalue weighted by Crippen LogP contribution is -2.43. The number of nitrogens with zero attached hydrogens (tertiary/aromatic N) is 1. The summed E-state index contributed by atoms with van der Waals surface area (Å²) in [6.07, 6.45) is 5.43. The summed E-state index contributed by atoms with van der Waals surface area (Å²) in [4.78, 5) is 25.5. The van der Waals surface area contributed by atoms with Crippen molar-refractivity contribution in [1.29, 1.82) is 0 Å². The fourth-order valence-corrected chi connectivity index (χ4v) is 2.78. The maximum atomic E-state index is 12.1. The summed E-state index contributed by atoms with van der Waals surface area (Å²) in [7, 11) is 0. The minimum Gasteiger partial charge on any atom is -0.352 e. The molecule has 2 amide bonds. The van der Waals surface area contributed by atoms with Gasteiger partial charge in [0.25, 0.3) is 0 Å². The Bertz CT molecular complexity index is 490. The second kappa shape index (κ2) is 7.25. The van der Waals surface area contributed by atoms with Crippen LogP contribution in [0.1, 0.15) is 45.1 Å². The van der Waals surface area contributed by atoms with Gasteiger partial charge in [-0.25, -0.2) is 0 Å². The van der Waals surface area contributed by atoms with E-state index in [0.29, 0.717) is 0 Å². The van der Waals surface area contributed by atoms with Gasteiger partial charge in [-0.3, -0.25) is 9.59 Å². The van der Waals surface area contributed by atoms with E-state index in [1.807, 2.05) is 24.3 Å². The largest absolute Gasteiger partial charge is 0.352 e. The number of carbonyl (C=O) groups is 2. The van der Waals surface area contributed by atoms with Crippen LogP contribution in [0.5, 0.6) is 0 Å². The first-order chi connectivity index (χ1) is 10.1. The van der Waals surface area contributed by atoms with Gasteiger partial charge < -0.3 is 10.2 Å².